The molecule has 14 heteroatoms. The Morgan fingerprint density at radius 3 is 1.60 bits per heavy atom. The molecule has 4 heterocycles. The van der Waals surface area contributed by atoms with Crippen molar-refractivity contribution >= 4 is 48.1 Å². The molecule has 0 bridgehead atoms. The average Bonchev–Trinajstić information content (AvgIpc) is 3.67. The Kier molecular flexibility index (Phi) is 8.59. The van der Waals surface area contributed by atoms with Crippen LogP contribution in [0.5, 0.6) is 23.0 Å². The van der Waals surface area contributed by atoms with Crippen LogP contribution >= 0.6 is 0 Å². The van der Waals surface area contributed by atoms with Gasteiger partial charge in [0.2, 0.25) is 17.3 Å². The van der Waals surface area contributed by atoms with Crippen LogP contribution in [0.15, 0.2) is 94.4 Å². The molecule has 12 nitrogen and oxygen atoms in total. The van der Waals surface area contributed by atoms with E-state index in [-0.39, 0.29) is 21.6 Å². The van der Waals surface area contributed by atoms with E-state index in [0.29, 0.717) is 0 Å². The van der Waals surface area contributed by atoms with Crippen LogP contribution in [0, 0.1) is 0 Å². The van der Waals surface area contributed by atoms with Crippen molar-refractivity contribution < 1.29 is 49.5 Å². The summed E-state index contributed by atoms with van der Waals surface area (Å²) in [5.74, 6) is 1.96. The minimum Gasteiger partial charge on any atom is -0.744 e. The number of rotatable bonds is 4. The lowest BCUT2D eigenvalue weighted by molar-refractivity contribution is -0.401. The molecule has 0 spiro atoms. The van der Waals surface area contributed by atoms with Crippen LogP contribution in [0.3, 0.4) is 0 Å². The second-order valence-electron chi connectivity index (χ2n) is 16.0. The van der Waals surface area contributed by atoms with E-state index in [9.17, 15) is 25.9 Å². The van der Waals surface area contributed by atoms with Gasteiger partial charge in [0.15, 0.2) is 28.7 Å². The number of nitrogens with zero attached hydrogens (tertiary/aromatic N) is 2. The summed E-state index contributed by atoms with van der Waals surface area (Å²) in [6, 6.07) is 15.6. The first kappa shape index (κ1) is 38.4. The van der Waals surface area contributed by atoms with Gasteiger partial charge in [-0.05, 0) is 49.8 Å². The molecule has 0 saturated carbocycles. The Morgan fingerprint density at radius 2 is 1.11 bits per heavy atom. The SMILES string of the molecule is CN1C(=CC=CC2=[N+](C)c3cc4c(cc3C2(C)C)OC(C)(C)O4)C(C)(C)c2cc3c(cc21)OC(C)(C)O3.O=S(=O)([O-])c1cccc2c(S(=O)(=O)[O-])cccc12. The molecule has 0 aromatic heterocycles. The van der Waals surface area contributed by atoms with E-state index in [4.69, 9.17) is 18.9 Å². The molecule has 4 aliphatic rings. The maximum absolute atomic E-state index is 11.0. The normalized spacial score (nSPS) is 20.2. The number of ether oxygens (including phenoxy) is 4. The van der Waals surface area contributed by atoms with Gasteiger partial charge in [-0.2, -0.15) is 4.58 Å². The van der Waals surface area contributed by atoms with E-state index in [2.05, 4.69) is 93.8 Å². The molecular formula is C41H43N2O10S2-. The predicted octanol–water partition coefficient (Wildman–Crippen LogP) is 7.22. The summed E-state index contributed by atoms with van der Waals surface area (Å²) in [6.07, 6.45) is 6.63. The number of likely N-dealkylation sites (N-methyl/N-ethyl adjacent to an activating group) is 1. The highest BCUT2D eigenvalue weighted by atomic mass is 32.2. The van der Waals surface area contributed by atoms with Gasteiger partial charge in [0, 0.05) is 80.0 Å². The highest BCUT2D eigenvalue weighted by Crippen LogP contribution is 2.53. The van der Waals surface area contributed by atoms with Crippen LogP contribution in [0.25, 0.3) is 10.8 Å². The summed E-state index contributed by atoms with van der Waals surface area (Å²) in [4.78, 5) is 1.16. The molecule has 4 aliphatic heterocycles. The molecule has 0 fully saturated rings. The van der Waals surface area contributed by atoms with Crippen LogP contribution in [-0.2, 0) is 31.1 Å². The predicted molar refractivity (Wildman–Crippen MR) is 206 cm³/mol. The van der Waals surface area contributed by atoms with Gasteiger partial charge in [0.25, 0.3) is 0 Å². The first-order valence-corrected chi connectivity index (χ1v) is 20.4. The second-order valence-corrected chi connectivity index (χ2v) is 18.7. The van der Waals surface area contributed by atoms with E-state index in [1.54, 1.807) is 0 Å². The highest BCUT2D eigenvalue weighted by molar-refractivity contribution is 7.86. The molecule has 0 N–H and O–H groups in total. The van der Waals surface area contributed by atoms with Gasteiger partial charge in [-0.1, -0.05) is 44.2 Å². The lowest BCUT2D eigenvalue weighted by Gasteiger charge is -2.24. The van der Waals surface area contributed by atoms with Crippen LogP contribution in [0.1, 0.15) is 66.5 Å². The Bertz CT molecular complexity index is 2570. The monoisotopic (exact) mass is 787 g/mol. The molecule has 0 atom stereocenters. The number of fused-ring (bicyclic) bond motifs is 5. The number of benzene rings is 4. The lowest BCUT2D eigenvalue weighted by Crippen LogP contribution is -2.30. The molecule has 4 aromatic carbocycles. The van der Waals surface area contributed by atoms with Crippen LogP contribution in [0.2, 0.25) is 0 Å². The van der Waals surface area contributed by atoms with Gasteiger partial charge < -0.3 is 33.0 Å². The number of hydrogen-bond donors (Lipinski definition) is 0. The molecule has 0 amide bonds. The molecule has 0 aliphatic carbocycles. The van der Waals surface area contributed by atoms with E-state index in [1.807, 2.05) is 27.7 Å². The summed E-state index contributed by atoms with van der Waals surface area (Å²) in [5, 5.41) is -0.158. The Labute approximate surface area is 321 Å². The number of anilines is 1. The molecule has 0 unspecified atom stereocenters. The third-order valence-electron chi connectivity index (χ3n) is 10.5. The minimum atomic E-state index is -4.74. The standard InChI is InChI=1S/C31H37N2O4.C10H8O6S2/c1-28(2)18-14-22-24(36-30(5,6)34-22)16-20(18)32(9)26(28)12-11-13-27-29(3,4)19-15-23-25(17-21(19)33(27)10)37-31(7,8)35-23;11-17(12,13)9-5-1-3-7-8(9)4-2-6-10(7)18(14,15)16/h11-17H,1-10H3;1-6H,(H,11,12,13)(H,14,15,16)/q+1;/p-2. The fourth-order valence-electron chi connectivity index (χ4n) is 8.01. The fourth-order valence-corrected chi connectivity index (χ4v) is 9.39. The van der Waals surface area contributed by atoms with Crippen molar-refractivity contribution in [2.45, 2.75) is 87.6 Å². The van der Waals surface area contributed by atoms with Gasteiger partial charge in [-0.15, -0.1) is 0 Å². The molecular weight excluding hydrogens is 745 g/mol. The zero-order valence-electron chi connectivity index (χ0n) is 32.3. The first-order chi connectivity index (χ1) is 25.3. The van der Waals surface area contributed by atoms with E-state index in [1.165, 1.54) is 46.8 Å². The third kappa shape index (κ3) is 6.54. The maximum atomic E-state index is 11.0. The third-order valence-corrected chi connectivity index (χ3v) is 12.3. The van der Waals surface area contributed by atoms with Crippen molar-refractivity contribution in [3.63, 3.8) is 0 Å². The molecule has 4 aromatic rings. The molecule has 0 saturated heterocycles. The molecule has 0 radical (unpaired) electrons. The second kappa shape index (κ2) is 12.3. The first-order valence-electron chi connectivity index (χ1n) is 17.6. The summed E-state index contributed by atoms with van der Waals surface area (Å²) < 4.78 is 92.5. The van der Waals surface area contributed by atoms with Crippen LogP contribution in [0.4, 0.5) is 11.4 Å². The number of allylic oxidation sites excluding steroid dienone is 4. The zero-order valence-corrected chi connectivity index (χ0v) is 33.9. The van der Waals surface area contributed by atoms with E-state index < -0.39 is 41.6 Å². The largest absolute Gasteiger partial charge is 0.744 e. The summed E-state index contributed by atoms with van der Waals surface area (Å²) in [6.45, 7) is 16.8. The fraction of sp³-hybridized carbons (Fsp3) is 0.341. The van der Waals surface area contributed by atoms with E-state index in [0.717, 1.165) is 46.5 Å². The minimum absolute atomic E-state index is 0.0792. The quantitative estimate of drug-likeness (QED) is 0.152. The Balaban J connectivity index is 0.000000217. The van der Waals surface area contributed by atoms with Crippen molar-refractivity contribution in [3.05, 3.63) is 95.7 Å². The smallest absolute Gasteiger partial charge is 0.246 e. The van der Waals surface area contributed by atoms with Crippen molar-refractivity contribution in [1.82, 2.24) is 0 Å². The van der Waals surface area contributed by atoms with Gasteiger partial charge >= 0.3 is 0 Å². The average molecular weight is 788 g/mol. The molecule has 55 heavy (non-hydrogen) atoms. The van der Waals surface area contributed by atoms with Crippen molar-refractivity contribution in [1.29, 1.82) is 0 Å². The van der Waals surface area contributed by atoms with Gasteiger partial charge in [0.1, 0.15) is 27.3 Å². The topological polar surface area (TPSA) is 158 Å². The van der Waals surface area contributed by atoms with Gasteiger partial charge in [-0.25, -0.2) is 16.8 Å². The van der Waals surface area contributed by atoms with Crippen molar-refractivity contribution in [2.75, 3.05) is 19.0 Å². The molecule has 290 valence electrons. The van der Waals surface area contributed by atoms with Gasteiger partial charge in [0.05, 0.1) is 21.3 Å². The van der Waals surface area contributed by atoms with Crippen LogP contribution < -0.4 is 23.8 Å². The highest BCUT2D eigenvalue weighted by Gasteiger charge is 2.46. The summed E-state index contributed by atoms with van der Waals surface area (Å²) in [7, 11) is -5.23. The van der Waals surface area contributed by atoms with Crippen molar-refractivity contribution in [3.8, 4) is 23.0 Å². The Morgan fingerprint density at radius 1 is 0.655 bits per heavy atom. The maximum Gasteiger partial charge on any atom is 0.246 e. The Hall–Kier alpha value is -4.89. The van der Waals surface area contributed by atoms with E-state index >= 15 is 0 Å². The summed E-state index contributed by atoms with van der Waals surface area (Å²) >= 11 is 0. The number of hydrogen-bond acceptors (Lipinski definition) is 11. The zero-order chi connectivity index (χ0) is 40.3. The summed E-state index contributed by atoms with van der Waals surface area (Å²) in [5.41, 5.74) is 6.89. The lowest BCUT2D eigenvalue weighted by atomic mass is 9.81. The van der Waals surface area contributed by atoms with Crippen molar-refractivity contribution in [2.24, 2.45) is 0 Å². The van der Waals surface area contributed by atoms with Gasteiger partial charge in [-0.3, -0.25) is 0 Å². The van der Waals surface area contributed by atoms with Crippen LogP contribution in [-0.4, -0.2) is 61.9 Å². The molecule has 8 rings (SSSR count).